The average molecular weight is 246 g/mol. The van der Waals surface area contributed by atoms with E-state index in [4.69, 9.17) is 0 Å². The molecule has 3 rings (SSSR count). The Bertz CT molecular complexity index is 401. The molecule has 0 bridgehead atoms. The summed E-state index contributed by atoms with van der Waals surface area (Å²) in [6.45, 7) is 3.96. The number of fused-ring (bicyclic) bond motifs is 1. The molecule has 2 N–H and O–H groups in total. The fourth-order valence-corrected chi connectivity index (χ4v) is 3.20. The molecular weight excluding hydrogens is 224 g/mol. The summed E-state index contributed by atoms with van der Waals surface area (Å²) in [5, 5.41) is 13.7. The maximum atomic E-state index is 10.4. The summed E-state index contributed by atoms with van der Waals surface area (Å²) in [5.41, 5.74) is 2.75. The van der Waals surface area contributed by atoms with E-state index in [9.17, 15) is 5.11 Å². The lowest BCUT2D eigenvalue weighted by Crippen LogP contribution is -2.40. The van der Waals surface area contributed by atoms with Crippen molar-refractivity contribution in [2.75, 3.05) is 31.1 Å². The molecule has 0 spiro atoms. The van der Waals surface area contributed by atoms with E-state index in [-0.39, 0.29) is 6.10 Å². The Kier molecular flexibility index (Phi) is 3.52. The van der Waals surface area contributed by atoms with Gasteiger partial charge in [0, 0.05) is 18.8 Å². The van der Waals surface area contributed by atoms with E-state index >= 15 is 0 Å². The highest BCUT2D eigenvalue weighted by Gasteiger charge is 2.26. The Labute approximate surface area is 109 Å². The zero-order valence-corrected chi connectivity index (χ0v) is 10.8. The van der Waals surface area contributed by atoms with Gasteiger partial charge in [0.15, 0.2) is 0 Å². The molecule has 1 aromatic carbocycles. The van der Waals surface area contributed by atoms with Gasteiger partial charge < -0.3 is 15.3 Å². The molecule has 0 radical (unpaired) electrons. The van der Waals surface area contributed by atoms with Crippen LogP contribution in [-0.4, -0.2) is 37.4 Å². The molecule has 3 nitrogen and oxygen atoms in total. The number of nitrogens with zero attached hydrogens (tertiary/aromatic N) is 1. The molecule has 0 saturated carbocycles. The summed E-state index contributed by atoms with van der Waals surface area (Å²) < 4.78 is 0. The topological polar surface area (TPSA) is 35.5 Å². The molecule has 98 valence electrons. The standard InChI is InChI=1S/C15H22N2O/c18-15(13-5-8-16-9-6-13)11-17-10-7-12-3-1-2-4-14(12)17/h1-4,13,15-16,18H,5-11H2. The third-order valence-corrected chi connectivity index (χ3v) is 4.32. The molecule has 0 amide bonds. The molecule has 1 fully saturated rings. The van der Waals surface area contributed by atoms with Crippen LogP contribution in [-0.2, 0) is 6.42 Å². The SMILES string of the molecule is OC(CN1CCc2ccccc21)C1CCNCC1. The van der Waals surface area contributed by atoms with Gasteiger partial charge in [0.2, 0.25) is 0 Å². The van der Waals surface area contributed by atoms with Gasteiger partial charge in [-0.25, -0.2) is 0 Å². The van der Waals surface area contributed by atoms with Crippen LogP contribution in [0.2, 0.25) is 0 Å². The van der Waals surface area contributed by atoms with E-state index in [1.165, 1.54) is 11.3 Å². The van der Waals surface area contributed by atoms with Crippen molar-refractivity contribution in [3.05, 3.63) is 29.8 Å². The van der Waals surface area contributed by atoms with Crippen molar-refractivity contribution in [2.45, 2.75) is 25.4 Å². The number of para-hydroxylation sites is 1. The summed E-state index contributed by atoms with van der Waals surface area (Å²) in [7, 11) is 0. The van der Waals surface area contributed by atoms with Gasteiger partial charge in [-0.2, -0.15) is 0 Å². The predicted molar refractivity (Wildman–Crippen MR) is 74.0 cm³/mol. The first-order valence-electron chi connectivity index (χ1n) is 7.06. The summed E-state index contributed by atoms with van der Waals surface area (Å²) in [6.07, 6.45) is 3.15. The predicted octanol–water partition coefficient (Wildman–Crippen LogP) is 1.41. The number of anilines is 1. The zero-order valence-electron chi connectivity index (χ0n) is 10.8. The van der Waals surface area contributed by atoms with E-state index < -0.39 is 0 Å². The smallest absolute Gasteiger partial charge is 0.0744 e. The fraction of sp³-hybridized carbons (Fsp3) is 0.600. The summed E-state index contributed by atoms with van der Waals surface area (Å²) >= 11 is 0. The Balaban J connectivity index is 1.63. The molecule has 18 heavy (non-hydrogen) atoms. The summed E-state index contributed by atoms with van der Waals surface area (Å²) in [5.74, 6) is 0.471. The van der Waals surface area contributed by atoms with Gasteiger partial charge in [-0.05, 0) is 49.9 Å². The van der Waals surface area contributed by atoms with Crippen molar-refractivity contribution in [3.8, 4) is 0 Å². The van der Waals surface area contributed by atoms with Crippen LogP contribution in [0.5, 0.6) is 0 Å². The Morgan fingerprint density at radius 1 is 1.28 bits per heavy atom. The van der Waals surface area contributed by atoms with Crippen LogP contribution in [0.25, 0.3) is 0 Å². The summed E-state index contributed by atoms with van der Waals surface area (Å²) in [6, 6.07) is 8.57. The molecule has 1 atom stereocenters. The number of rotatable bonds is 3. The number of hydrogen-bond acceptors (Lipinski definition) is 3. The molecule has 2 heterocycles. The second-order valence-corrected chi connectivity index (χ2v) is 5.48. The van der Waals surface area contributed by atoms with Crippen molar-refractivity contribution in [3.63, 3.8) is 0 Å². The second-order valence-electron chi connectivity index (χ2n) is 5.48. The van der Waals surface area contributed by atoms with Gasteiger partial charge >= 0.3 is 0 Å². The quantitative estimate of drug-likeness (QED) is 0.846. The van der Waals surface area contributed by atoms with Crippen molar-refractivity contribution in [2.24, 2.45) is 5.92 Å². The van der Waals surface area contributed by atoms with Crippen LogP contribution < -0.4 is 10.2 Å². The number of nitrogens with one attached hydrogen (secondary N) is 1. The number of β-amino-alcohol motifs (C(OH)–C–C–N with tert-alkyl or cyclic N) is 1. The van der Waals surface area contributed by atoms with Crippen molar-refractivity contribution < 1.29 is 5.11 Å². The van der Waals surface area contributed by atoms with Crippen LogP contribution in [0.4, 0.5) is 5.69 Å². The number of benzene rings is 1. The molecule has 1 saturated heterocycles. The fourth-order valence-electron chi connectivity index (χ4n) is 3.20. The first-order chi connectivity index (χ1) is 8.84. The second kappa shape index (κ2) is 5.29. The molecule has 1 unspecified atom stereocenters. The maximum Gasteiger partial charge on any atom is 0.0744 e. The monoisotopic (exact) mass is 246 g/mol. The molecule has 0 aromatic heterocycles. The van der Waals surface area contributed by atoms with Crippen LogP contribution in [0.3, 0.4) is 0 Å². The lowest BCUT2D eigenvalue weighted by atomic mass is 9.92. The molecule has 3 heteroatoms. The highest BCUT2D eigenvalue weighted by molar-refractivity contribution is 5.57. The molecule has 1 aromatic rings. The minimum absolute atomic E-state index is 0.182. The van der Waals surface area contributed by atoms with E-state index in [0.29, 0.717) is 5.92 Å². The molecular formula is C15H22N2O. The number of hydrogen-bond donors (Lipinski definition) is 2. The van der Waals surface area contributed by atoms with E-state index in [0.717, 1.165) is 45.4 Å². The van der Waals surface area contributed by atoms with Crippen LogP contribution >= 0.6 is 0 Å². The lowest BCUT2D eigenvalue weighted by Gasteiger charge is -2.31. The molecule has 2 aliphatic heterocycles. The van der Waals surface area contributed by atoms with E-state index in [2.05, 4.69) is 34.5 Å². The highest BCUT2D eigenvalue weighted by atomic mass is 16.3. The first kappa shape index (κ1) is 12.0. The van der Waals surface area contributed by atoms with E-state index in [1.807, 2.05) is 0 Å². The highest BCUT2D eigenvalue weighted by Crippen LogP contribution is 2.28. The minimum Gasteiger partial charge on any atom is -0.391 e. The Morgan fingerprint density at radius 3 is 2.89 bits per heavy atom. The zero-order chi connectivity index (χ0) is 12.4. The van der Waals surface area contributed by atoms with Gasteiger partial charge in [-0.3, -0.25) is 0 Å². The molecule has 2 aliphatic rings. The minimum atomic E-state index is -0.182. The number of aliphatic hydroxyl groups excluding tert-OH is 1. The third-order valence-electron chi connectivity index (χ3n) is 4.32. The van der Waals surface area contributed by atoms with Gasteiger partial charge in [-0.15, -0.1) is 0 Å². The largest absolute Gasteiger partial charge is 0.391 e. The Hall–Kier alpha value is -1.06. The average Bonchev–Trinajstić information content (AvgIpc) is 2.83. The van der Waals surface area contributed by atoms with Crippen LogP contribution in [0.15, 0.2) is 24.3 Å². The molecule has 0 aliphatic carbocycles. The van der Waals surface area contributed by atoms with Gasteiger partial charge in [0.25, 0.3) is 0 Å². The normalized spacial score (nSPS) is 21.9. The Morgan fingerprint density at radius 2 is 2.06 bits per heavy atom. The van der Waals surface area contributed by atoms with Gasteiger partial charge in [0.05, 0.1) is 6.10 Å². The number of aliphatic hydroxyl groups is 1. The number of piperidine rings is 1. The summed E-state index contributed by atoms with van der Waals surface area (Å²) in [4.78, 5) is 2.35. The van der Waals surface area contributed by atoms with Gasteiger partial charge in [0.1, 0.15) is 0 Å². The lowest BCUT2D eigenvalue weighted by molar-refractivity contribution is 0.0944. The van der Waals surface area contributed by atoms with Crippen LogP contribution in [0, 0.1) is 5.92 Å². The first-order valence-corrected chi connectivity index (χ1v) is 7.06. The van der Waals surface area contributed by atoms with Crippen molar-refractivity contribution >= 4 is 5.69 Å². The van der Waals surface area contributed by atoms with Crippen molar-refractivity contribution in [1.82, 2.24) is 5.32 Å². The maximum absolute atomic E-state index is 10.4. The third kappa shape index (κ3) is 2.38. The van der Waals surface area contributed by atoms with Crippen molar-refractivity contribution in [1.29, 1.82) is 0 Å². The van der Waals surface area contributed by atoms with Gasteiger partial charge in [-0.1, -0.05) is 18.2 Å². The van der Waals surface area contributed by atoms with E-state index in [1.54, 1.807) is 0 Å². The van der Waals surface area contributed by atoms with Crippen LogP contribution in [0.1, 0.15) is 18.4 Å².